The third kappa shape index (κ3) is 4.97. The van der Waals surface area contributed by atoms with E-state index in [4.69, 9.17) is 21.5 Å². The van der Waals surface area contributed by atoms with E-state index in [1.165, 1.54) is 0 Å². The van der Waals surface area contributed by atoms with Crippen LogP contribution in [-0.4, -0.2) is 20.9 Å². The number of benzene rings is 2. The van der Waals surface area contributed by atoms with Crippen molar-refractivity contribution in [3.8, 4) is 5.75 Å². The molecule has 0 saturated carbocycles. The standard InChI is InChI=1S/C18H19ClN2O4S/c19-16-5-6-17-14(8-16)7-15(10-25-17)18(22)21-9-12-1-3-13(4-2-12)11-26(20,23)24/h1-6,8,15H,7,9-11H2,(H,21,22)(H2,20,23,24)/t15-/m0/s1. The van der Waals surface area contributed by atoms with Crippen molar-refractivity contribution in [3.05, 3.63) is 64.2 Å². The number of carbonyl (C=O) groups excluding carboxylic acids is 1. The molecule has 0 radical (unpaired) electrons. The number of rotatable bonds is 5. The van der Waals surface area contributed by atoms with Crippen molar-refractivity contribution in [2.45, 2.75) is 18.7 Å². The van der Waals surface area contributed by atoms with Gasteiger partial charge in [0.25, 0.3) is 0 Å². The van der Waals surface area contributed by atoms with Crippen molar-refractivity contribution >= 4 is 27.5 Å². The molecule has 1 atom stereocenters. The second-order valence-corrected chi connectivity index (χ2v) is 8.36. The number of primary sulfonamides is 1. The Bertz CT molecular complexity index is 913. The zero-order chi connectivity index (χ0) is 18.7. The largest absolute Gasteiger partial charge is 0.492 e. The summed E-state index contributed by atoms with van der Waals surface area (Å²) in [6.07, 6.45) is 0.578. The van der Waals surface area contributed by atoms with E-state index in [9.17, 15) is 13.2 Å². The van der Waals surface area contributed by atoms with Crippen LogP contribution >= 0.6 is 11.6 Å². The normalized spacial score (nSPS) is 16.5. The molecule has 0 aromatic heterocycles. The van der Waals surface area contributed by atoms with Gasteiger partial charge in [0.2, 0.25) is 15.9 Å². The Kier molecular flexibility index (Phi) is 5.50. The lowest BCUT2D eigenvalue weighted by Crippen LogP contribution is -2.37. The summed E-state index contributed by atoms with van der Waals surface area (Å²) in [6.45, 7) is 0.682. The quantitative estimate of drug-likeness (QED) is 0.810. The van der Waals surface area contributed by atoms with Gasteiger partial charge in [-0.05, 0) is 41.3 Å². The Morgan fingerprint density at radius 1 is 1.19 bits per heavy atom. The molecule has 1 aliphatic rings. The van der Waals surface area contributed by atoms with Crippen molar-refractivity contribution in [1.82, 2.24) is 5.32 Å². The van der Waals surface area contributed by atoms with Gasteiger partial charge in [-0.25, -0.2) is 13.6 Å². The fourth-order valence-electron chi connectivity index (χ4n) is 2.85. The Morgan fingerprint density at radius 3 is 2.58 bits per heavy atom. The Balaban J connectivity index is 1.56. The SMILES string of the molecule is NS(=O)(=O)Cc1ccc(CNC(=O)[C@@H]2COc3ccc(Cl)cc3C2)cc1. The van der Waals surface area contributed by atoms with Gasteiger partial charge in [-0.2, -0.15) is 0 Å². The summed E-state index contributed by atoms with van der Waals surface area (Å²) >= 11 is 6.00. The van der Waals surface area contributed by atoms with Gasteiger partial charge >= 0.3 is 0 Å². The maximum atomic E-state index is 12.4. The van der Waals surface area contributed by atoms with E-state index in [2.05, 4.69) is 5.32 Å². The Labute approximate surface area is 157 Å². The van der Waals surface area contributed by atoms with Crippen LogP contribution in [0.25, 0.3) is 0 Å². The van der Waals surface area contributed by atoms with Crippen LogP contribution in [0.1, 0.15) is 16.7 Å². The average Bonchev–Trinajstić information content (AvgIpc) is 2.59. The van der Waals surface area contributed by atoms with Crippen LogP contribution in [0.5, 0.6) is 5.75 Å². The molecule has 6 nitrogen and oxygen atoms in total. The summed E-state index contributed by atoms with van der Waals surface area (Å²) < 4.78 is 27.8. The van der Waals surface area contributed by atoms with E-state index in [1.807, 2.05) is 12.1 Å². The maximum absolute atomic E-state index is 12.4. The summed E-state index contributed by atoms with van der Waals surface area (Å²) in [7, 11) is -3.55. The number of hydrogen-bond donors (Lipinski definition) is 2. The average molecular weight is 395 g/mol. The summed E-state index contributed by atoms with van der Waals surface area (Å²) in [4.78, 5) is 12.4. The number of nitrogens with two attached hydrogens (primary N) is 1. The van der Waals surface area contributed by atoms with Crippen molar-refractivity contribution in [2.24, 2.45) is 11.1 Å². The van der Waals surface area contributed by atoms with E-state index in [0.717, 1.165) is 16.9 Å². The third-order valence-electron chi connectivity index (χ3n) is 4.16. The Morgan fingerprint density at radius 2 is 1.88 bits per heavy atom. The number of ether oxygens (including phenoxy) is 1. The van der Waals surface area contributed by atoms with Gasteiger partial charge < -0.3 is 10.1 Å². The highest BCUT2D eigenvalue weighted by atomic mass is 35.5. The first-order valence-corrected chi connectivity index (χ1v) is 10.2. The molecule has 26 heavy (non-hydrogen) atoms. The van der Waals surface area contributed by atoms with Crippen LogP contribution in [0.15, 0.2) is 42.5 Å². The molecule has 3 N–H and O–H groups in total. The number of nitrogens with one attached hydrogen (secondary N) is 1. The molecule has 138 valence electrons. The van der Waals surface area contributed by atoms with E-state index in [1.54, 1.807) is 30.3 Å². The van der Waals surface area contributed by atoms with Gasteiger partial charge in [-0.3, -0.25) is 4.79 Å². The monoisotopic (exact) mass is 394 g/mol. The third-order valence-corrected chi connectivity index (χ3v) is 5.13. The zero-order valence-electron chi connectivity index (χ0n) is 13.9. The molecule has 1 aliphatic heterocycles. The Hall–Kier alpha value is -2.09. The fourth-order valence-corrected chi connectivity index (χ4v) is 3.70. The summed E-state index contributed by atoms with van der Waals surface area (Å²) in [6, 6.07) is 12.3. The zero-order valence-corrected chi connectivity index (χ0v) is 15.5. The molecule has 0 spiro atoms. The summed E-state index contributed by atoms with van der Waals surface area (Å²) in [5.41, 5.74) is 2.41. The summed E-state index contributed by atoms with van der Waals surface area (Å²) in [5, 5.41) is 8.53. The fraction of sp³-hybridized carbons (Fsp3) is 0.278. The van der Waals surface area contributed by atoms with Gasteiger partial charge in [0.15, 0.2) is 0 Å². The highest BCUT2D eigenvalue weighted by molar-refractivity contribution is 7.88. The summed E-state index contributed by atoms with van der Waals surface area (Å²) in [5.74, 6) is 0.192. The molecular formula is C18H19ClN2O4S. The minimum atomic E-state index is -3.55. The van der Waals surface area contributed by atoms with Crippen LogP contribution in [0.4, 0.5) is 0 Å². The molecule has 2 aromatic rings. The van der Waals surface area contributed by atoms with Crippen LogP contribution in [0.3, 0.4) is 0 Å². The van der Waals surface area contributed by atoms with Crippen LogP contribution in [-0.2, 0) is 33.5 Å². The first-order chi connectivity index (χ1) is 12.3. The predicted molar refractivity (Wildman–Crippen MR) is 99.2 cm³/mol. The molecule has 0 bridgehead atoms. The molecule has 1 amide bonds. The molecule has 1 heterocycles. The second-order valence-electron chi connectivity index (χ2n) is 6.31. The highest BCUT2D eigenvalue weighted by Crippen LogP contribution is 2.29. The van der Waals surface area contributed by atoms with Crippen molar-refractivity contribution in [2.75, 3.05) is 6.61 Å². The van der Waals surface area contributed by atoms with Crippen LogP contribution < -0.4 is 15.2 Å². The number of halogens is 1. The molecular weight excluding hydrogens is 376 g/mol. The first kappa shape index (κ1) is 18.7. The molecule has 0 aliphatic carbocycles. The number of fused-ring (bicyclic) bond motifs is 1. The van der Waals surface area contributed by atoms with Gasteiger partial charge in [-0.1, -0.05) is 35.9 Å². The smallest absolute Gasteiger partial charge is 0.227 e. The van der Waals surface area contributed by atoms with E-state index in [-0.39, 0.29) is 17.6 Å². The van der Waals surface area contributed by atoms with Gasteiger partial charge in [0, 0.05) is 11.6 Å². The molecule has 8 heteroatoms. The van der Waals surface area contributed by atoms with Crippen molar-refractivity contribution in [1.29, 1.82) is 0 Å². The number of hydrogen-bond acceptors (Lipinski definition) is 4. The number of carbonyl (C=O) groups is 1. The lowest BCUT2D eigenvalue weighted by molar-refractivity contribution is -0.126. The minimum Gasteiger partial charge on any atom is -0.492 e. The van der Waals surface area contributed by atoms with E-state index in [0.29, 0.717) is 30.2 Å². The van der Waals surface area contributed by atoms with Crippen molar-refractivity contribution < 1.29 is 17.9 Å². The lowest BCUT2D eigenvalue weighted by atomic mass is 9.96. The van der Waals surface area contributed by atoms with Crippen molar-refractivity contribution in [3.63, 3.8) is 0 Å². The molecule has 0 unspecified atom stereocenters. The predicted octanol–water partition coefficient (Wildman–Crippen LogP) is 2.00. The van der Waals surface area contributed by atoms with Gasteiger partial charge in [-0.15, -0.1) is 0 Å². The van der Waals surface area contributed by atoms with Crippen LogP contribution in [0.2, 0.25) is 5.02 Å². The molecule has 2 aromatic carbocycles. The molecule has 0 saturated heterocycles. The first-order valence-electron chi connectivity index (χ1n) is 8.07. The van der Waals surface area contributed by atoms with E-state index < -0.39 is 10.0 Å². The van der Waals surface area contributed by atoms with Gasteiger partial charge in [0.1, 0.15) is 12.4 Å². The number of sulfonamides is 1. The molecule has 3 rings (SSSR count). The van der Waals surface area contributed by atoms with Gasteiger partial charge in [0.05, 0.1) is 11.7 Å². The number of amides is 1. The second kappa shape index (κ2) is 7.65. The van der Waals surface area contributed by atoms with E-state index >= 15 is 0 Å². The minimum absolute atomic E-state index is 0.0933. The topological polar surface area (TPSA) is 98.5 Å². The maximum Gasteiger partial charge on any atom is 0.227 e. The highest BCUT2D eigenvalue weighted by Gasteiger charge is 2.26. The lowest BCUT2D eigenvalue weighted by Gasteiger charge is -2.24. The molecule has 0 fully saturated rings. The van der Waals surface area contributed by atoms with Crippen LogP contribution in [0, 0.1) is 5.92 Å².